The van der Waals surface area contributed by atoms with E-state index in [4.69, 9.17) is 14.2 Å². The minimum absolute atomic E-state index is 0.0436. The summed E-state index contributed by atoms with van der Waals surface area (Å²) in [6, 6.07) is -1.30. The van der Waals surface area contributed by atoms with E-state index in [0.717, 1.165) is 38.4 Å². The van der Waals surface area contributed by atoms with E-state index in [1.807, 2.05) is 13.8 Å². The molecule has 8 nitrogen and oxygen atoms in total. The summed E-state index contributed by atoms with van der Waals surface area (Å²) < 4.78 is 16.6. The molecule has 2 saturated heterocycles. The van der Waals surface area contributed by atoms with Crippen LogP contribution in [0, 0.1) is 11.8 Å². The molecular formula is C20H32N2O6. The van der Waals surface area contributed by atoms with Gasteiger partial charge in [0, 0.05) is 6.42 Å². The average Bonchev–Trinajstić information content (AvgIpc) is 3.31. The third kappa shape index (κ3) is 4.84. The SMILES string of the molecule is CC(C)COC(=O)NC(C(=O)N1CC2(C[C@H]1C=O)OCCO2)C1CCCCC1. The number of hydrogen-bond donors (Lipinski definition) is 1. The summed E-state index contributed by atoms with van der Waals surface area (Å²) in [5.74, 6) is -0.885. The van der Waals surface area contributed by atoms with Gasteiger partial charge in [-0.3, -0.25) is 4.79 Å². The molecule has 0 bridgehead atoms. The average molecular weight is 396 g/mol. The number of nitrogens with zero attached hydrogens (tertiary/aromatic N) is 1. The number of hydrogen-bond acceptors (Lipinski definition) is 6. The second kappa shape index (κ2) is 9.22. The molecule has 3 fully saturated rings. The van der Waals surface area contributed by atoms with Gasteiger partial charge in [-0.15, -0.1) is 0 Å². The van der Waals surface area contributed by atoms with E-state index >= 15 is 0 Å². The smallest absolute Gasteiger partial charge is 0.407 e. The summed E-state index contributed by atoms with van der Waals surface area (Å²) in [5, 5.41) is 2.79. The zero-order valence-corrected chi connectivity index (χ0v) is 16.9. The minimum atomic E-state index is -0.892. The number of carbonyl (C=O) groups excluding carboxylic acids is 3. The molecule has 1 saturated carbocycles. The predicted molar refractivity (Wildman–Crippen MR) is 101 cm³/mol. The Bertz CT molecular complexity index is 569. The number of nitrogens with one attached hydrogen (secondary N) is 1. The molecule has 1 aliphatic carbocycles. The van der Waals surface area contributed by atoms with E-state index in [-0.39, 0.29) is 24.3 Å². The van der Waals surface area contributed by atoms with Crippen molar-refractivity contribution in [1.29, 1.82) is 0 Å². The Morgan fingerprint density at radius 3 is 2.50 bits per heavy atom. The Kier molecular flexibility index (Phi) is 6.93. The molecule has 2 aliphatic heterocycles. The normalized spacial score (nSPS) is 25.8. The van der Waals surface area contributed by atoms with Crippen molar-refractivity contribution in [3.05, 3.63) is 0 Å². The first-order chi connectivity index (χ1) is 13.4. The summed E-state index contributed by atoms with van der Waals surface area (Å²) in [6.07, 6.45) is 5.47. The molecule has 2 atom stereocenters. The lowest BCUT2D eigenvalue weighted by molar-refractivity contribution is -0.154. The van der Waals surface area contributed by atoms with Crippen LogP contribution in [0.15, 0.2) is 0 Å². The highest BCUT2D eigenvalue weighted by molar-refractivity contribution is 5.88. The van der Waals surface area contributed by atoms with Gasteiger partial charge in [-0.1, -0.05) is 33.1 Å². The van der Waals surface area contributed by atoms with E-state index in [1.165, 1.54) is 4.90 Å². The van der Waals surface area contributed by atoms with Gasteiger partial charge < -0.3 is 29.2 Å². The molecule has 28 heavy (non-hydrogen) atoms. The first kappa shape index (κ1) is 21.0. The minimum Gasteiger partial charge on any atom is -0.449 e. The van der Waals surface area contributed by atoms with E-state index in [0.29, 0.717) is 26.2 Å². The molecular weight excluding hydrogens is 364 g/mol. The van der Waals surface area contributed by atoms with Gasteiger partial charge in [-0.05, 0) is 24.7 Å². The molecule has 1 spiro atoms. The van der Waals surface area contributed by atoms with Crippen LogP contribution in [0.5, 0.6) is 0 Å². The van der Waals surface area contributed by atoms with Crippen LogP contribution in [-0.4, -0.2) is 67.4 Å². The highest BCUT2D eigenvalue weighted by Gasteiger charge is 2.51. The molecule has 8 heteroatoms. The third-order valence-corrected chi connectivity index (χ3v) is 5.79. The van der Waals surface area contributed by atoms with Crippen molar-refractivity contribution in [3.63, 3.8) is 0 Å². The number of likely N-dealkylation sites (tertiary alicyclic amines) is 1. The maximum atomic E-state index is 13.4. The Labute approximate surface area is 166 Å². The fourth-order valence-electron chi connectivity index (χ4n) is 4.38. The van der Waals surface area contributed by atoms with Gasteiger partial charge in [0.25, 0.3) is 0 Å². The largest absolute Gasteiger partial charge is 0.449 e. The first-order valence-corrected chi connectivity index (χ1v) is 10.4. The number of amides is 2. The summed E-state index contributed by atoms with van der Waals surface area (Å²) in [5.41, 5.74) is 0. The van der Waals surface area contributed by atoms with Crippen LogP contribution in [0.25, 0.3) is 0 Å². The second-order valence-electron chi connectivity index (χ2n) is 8.49. The van der Waals surface area contributed by atoms with Gasteiger partial charge in [0.05, 0.1) is 32.4 Å². The van der Waals surface area contributed by atoms with Gasteiger partial charge >= 0.3 is 6.09 Å². The number of aldehydes is 1. The van der Waals surface area contributed by atoms with Crippen molar-refractivity contribution < 1.29 is 28.6 Å². The lowest BCUT2D eigenvalue weighted by Crippen LogP contribution is -2.54. The summed E-state index contributed by atoms with van der Waals surface area (Å²) >= 11 is 0. The van der Waals surface area contributed by atoms with Crippen LogP contribution in [0.1, 0.15) is 52.4 Å². The lowest BCUT2D eigenvalue weighted by atomic mass is 9.83. The molecule has 1 N–H and O–H groups in total. The van der Waals surface area contributed by atoms with E-state index < -0.39 is 24.0 Å². The lowest BCUT2D eigenvalue weighted by Gasteiger charge is -2.33. The maximum absolute atomic E-state index is 13.4. The topological polar surface area (TPSA) is 94.2 Å². The fraction of sp³-hybridized carbons (Fsp3) is 0.850. The molecule has 0 aromatic rings. The molecule has 0 radical (unpaired) electrons. The second-order valence-corrected chi connectivity index (χ2v) is 8.49. The summed E-state index contributed by atoms with van der Waals surface area (Å²) in [7, 11) is 0. The standard InChI is InChI=1S/C20H32N2O6/c1-14(2)12-26-19(25)21-17(15-6-4-3-5-7-15)18(24)22-13-20(10-16(22)11-23)27-8-9-28-20/h11,14-17H,3-10,12-13H2,1-2H3,(H,21,25)/t16-,17?/m0/s1. The molecule has 158 valence electrons. The third-order valence-electron chi connectivity index (χ3n) is 5.79. The van der Waals surface area contributed by atoms with Crippen LogP contribution >= 0.6 is 0 Å². The predicted octanol–water partition coefficient (Wildman–Crippen LogP) is 1.86. The Hall–Kier alpha value is -1.67. The van der Waals surface area contributed by atoms with Gasteiger partial charge in [0.1, 0.15) is 12.3 Å². The van der Waals surface area contributed by atoms with E-state index in [2.05, 4.69) is 5.32 Å². The van der Waals surface area contributed by atoms with Crippen LogP contribution < -0.4 is 5.32 Å². The molecule has 1 unspecified atom stereocenters. The first-order valence-electron chi connectivity index (χ1n) is 10.4. The monoisotopic (exact) mass is 396 g/mol. The van der Waals surface area contributed by atoms with Gasteiger partial charge in [-0.25, -0.2) is 4.79 Å². The maximum Gasteiger partial charge on any atom is 0.407 e. The zero-order chi connectivity index (χ0) is 20.1. The van der Waals surface area contributed by atoms with Crippen molar-refractivity contribution in [1.82, 2.24) is 10.2 Å². The molecule has 3 rings (SSSR count). The summed E-state index contributed by atoms with van der Waals surface area (Å²) in [6.45, 7) is 5.33. The highest BCUT2D eigenvalue weighted by atomic mass is 16.7. The zero-order valence-electron chi connectivity index (χ0n) is 16.9. The van der Waals surface area contributed by atoms with Gasteiger partial charge in [0.2, 0.25) is 5.91 Å². The van der Waals surface area contributed by atoms with Crippen LogP contribution in [-0.2, 0) is 23.8 Å². The Morgan fingerprint density at radius 1 is 1.21 bits per heavy atom. The van der Waals surface area contributed by atoms with Crippen molar-refractivity contribution >= 4 is 18.3 Å². The molecule has 0 aromatic carbocycles. The molecule has 2 heterocycles. The van der Waals surface area contributed by atoms with Gasteiger partial charge in [-0.2, -0.15) is 0 Å². The molecule has 3 aliphatic rings. The molecule has 0 aromatic heterocycles. The van der Waals surface area contributed by atoms with Crippen LogP contribution in [0.2, 0.25) is 0 Å². The molecule has 2 amide bonds. The Morgan fingerprint density at radius 2 is 1.89 bits per heavy atom. The van der Waals surface area contributed by atoms with Gasteiger partial charge in [0.15, 0.2) is 5.79 Å². The number of ether oxygens (including phenoxy) is 3. The van der Waals surface area contributed by atoms with Crippen molar-refractivity contribution in [3.8, 4) is 0 Å². The number of rotatable bonds is 6. The van der Waals surface area contributed by atoms with E-state index in [1.54, 1.807) is 0 Å². The van der Waals surface area contributed by atoms with Crippen molar-refractivity contribution in [2.45, 2.75) is 70.2 Å². The number of alkyl carbamates (subject to hydrolysis) is 1. The highest BCUT2D eigenvalue weighted by Crippen LogP contribution is 2.36. The summed E-state index contributed by atoms with van der Waals surface area (Å²) in [4.78, 5) is 38.9. The van der Waals surface area contributed by atoms with E-state index in [9.17, 15) is 14.4 Å². The van der Waals surface area contributed by atoms with Crippen LogP contribution in [0.4, 0.5) is 4.79 Å². The quantitative estimate of drug-likeness (QED) is 0.689. The van der Waals surface area contributed by atoms with Crippen molar-refractivity contribution in [2.24, 2.45) is 11.8 Å². The fourth-order valence-corrected chi connectivity index (χ4v) is 4.38. The number of carbonyl (C=O) groups is 3. The Balaban J connectivity index is 1.73. The van der Waals surface area contributed by atoms with Crippen LogP contribution in [0.3, 0.4) is 0 Å². The van der Waals surface area contributed by atoms with Crippen molar-refractivity contribution in [2.75, 3.05) is 26.4 Å².